The monoisotopic (exact) mass is 214 g/mol. The van der Waals surface area contributed by atoms with Gasteiger partial charge in [-0.05, 0) is 12.8 Å². The highest BCUT2D eigenvalue weighted by Crippen LogP contribution is 2.25. The lowest BCUT2D eigenvalue weighted by Crippen LogP contribution is -2.47. The van der Waals surface area contributed by atoms with Crippen molar-refractivity contribution in [2.75, 3.05) is 32.8 Å². The fraction of sp³-hybridized carbons (Fsp3) is 0.900. The van der Waals surface area contributed by atoms with Gasteiger partial charge in [0, 0.05) is 19.6 Å². The SMILES string of the molecule is O=C(CN1CC2CCC(C1)O2)NCCO. The van der Waals surface area contributed by atoms with Gasteiger partial charge in [0.05, 0.1) is 25.4 Å². The number of nitrogens with one attached hydrogen (secondary N) is 1. The number of aliphatic hydroxyl groups is 1. The van der Waals surface area contributed by atoms with E-state index >= 15 is 0 Å². The Bertz CT molecular complexity index is 223. The first-order chi connectivity index (χ1) is 7.28. The lowest BCUT2D eigenvalue weighted by atomic mass is 10.2. The Labute approximate surface area is 89.4 Å². The number of morpholine rings is 1. The third-order valence-electron chi connectivity index (χ3n) is 2.92. The number of hydrogen-bond acceptors (Lipinski definition) is 4. The third-order valence-corrected chi connectivity index (χ3v) is 2.92. The largest absolute Gasteiger partial charge is 0.395 e. The molecule has 2 saturated heterocycles. The molecule has 5 nitrogen and oxygen atoms in total. The van der Waals surface area contributed by atoms with Crippen LogP contribution in [0.15, 0.2) is 0 Å². The average molecular weight is 214 g/mol. The van der Waals surface area contributed by atoms with Gasteiger partial charge in [-0.3, -0.25) is 9.69 Å². The van der Waals surface area contributed by atoms with Crippen LogP contribution in [0, 0.1) is 0 Å². The van der Waals surface area contributed by atoms with Crippen molar-refractivity contribution in [2.45, 2.75) is 25.0 Å². The van der Waals surface area contributed by atoms with Crippen molar-refractivity contribution < 1.29 is 14.6 Å². The van der Waals surface area contributed by atoms with Crippen molar-refractivity contribution in [3.63, 3.8) is 0 Å². The number of carbonyl (C=O) groups is 1. The molecule has 15 heavy (non-hydrogen) atoms. The number of ether oxygens (including phenoxy) is 1. The normalized spacial score (nSPS) is 30.5. The molecule has 2 fully saturated rings. The number of carbonyl (C=O) groups excluding carboxylic acids is 1. The van der Waals surface area contributed by atoms with Crippen molar-refractivity contribution in [1.29, 1.82) is 0 Å². The molecule has 0 aliphatic carbocycles. The van der Waals surface area contributed by atoms with E-state index in [2.05, 4.69) is 10.2 Å². The summed E-state index contributed by atoms with van der Waals surface area (Å²) in [5, 5.41) is 11.2. The van der Waals surface area contributed by atoms with Gasteiger partial charge in [-0.15, -0.1) is 0 Å². The van der Waals surface area contributed by atoms with Crippen molar-refractivity contribution in [3.05, 3.63) is 0 Å². The van der Waals surface area contributed by atoms with Gasteiger partial charge < -0.3 is 15.2 Å². The van der Waals surface area contributed by atoms with E-state index in [1.807, 2.05) is 0 Å². The van der Waals surface area contributed by atoms with Gasteiger partial charge in [-0.2, -0.15) is 0 Å². The molecule has 0 spiro atoms. The van der Waals surface area contributed by atoms with Gasteiger partial charge in [0.2, 0.25) is 5.91 Å². The lowest BCUT2D eigenvalue weighted by molar-refractivity contribution is -0.124. The first kappa shape index (κ1) is 10.9. The molecule has 0 aromatic rings. The van der Waals surface area contributed by atoms with E-state index in [1.54, 1.807) is 0 Å². The Morgan fingerprint density at radius 3 is 2.67 bits per heavy atom. The number of nitrogens with zero attached hydrogens (tertiary/aromatic N) is 1. The second kappa shape index (κ2) is 4.92. The topological polar surface area (TPSA) is 61.8 Å². The summed E-state index contributed by atoms with van der Waals surface area (Å²) in [7, 11) is 0. The number of likely N-dealkylation sites (tertiary alicyclic amines) is 1. The summed E-state index contributed by atoms with van der Waals surface area (Å²) in [6.45, 7) is 2.50. The summed E-state index contributed by atoms with van der Waals surface area (Å²) in [6, 6.07) is 0. The molecule has 0 aromatic heterocycles. The summed E-state index contributed by atoms with van der Waals surface area (Å²) in [5.74, 6) is -0.00894. The molecule has 1 amide bonds. The summed E-state index contributed by atoms with van der Waals surface area (Å²) < 4.78 is 5.68. The van der Waals surface area contributed by atoms with Crippen molar-refractivity contribution in [2.24, 2.45) is 0 Å². The predicted octanol–water partition coefficient (Wildman–Crippen LogP) is -1.04. The number of hydrogen-bond donors (Lipinski definition) is 2. The molecule has 2 atom stereocenters. The van der Waals surface area contributed by atoms with Crippen LogP contribution in [0.25, 0.3) is 0 Å². The molecule has 2 rings (SSSR count). The minimum absolute atomic E-state index is 0.000100. The molecule has 86 valence electrons. The van der Waals surface area contributed by atoms with E-state index in [1.165, 1.54) is 0 Å². The second-order valence-electron chi connectivity index (χ2n) is 4.23. The zero-order valence-electron chi connectivity index (χ0n) is 8.82. The number of rotatable bonds is 4. The third kappa shape index (κ3) is 2.90. The first-order valence-corrected chi connectivity index (χ1v) is 5.53. The molecule has 2 aliphatic rings. The zero-order chi connectivity index (χ0) is 10.7. The van der Waals surface area contributed by atoms with Crippen LogP contribution in [0.4, 0.5) is 0 Å². The van der Waals surface area contributed by atoms with Gasteiger partial charge in [-0.1, -0.05) is 0 Å². The van der Waals surface area contributed by atoms with E-state index in [-0.39, 0.29) is 12.5 Å². The highest BCUT2D eigenvalue weighted by Gasteiger charge is 2.34. The summed E-state index contributed by atoms with van der Waals surface area (Å²) in [5.41, 5.74) is 0. The van der Waals surface area contributed by atoms with Crippen LogP contribution in [0.1, 0.15) is 12.8 Å². The molecule has 2 bridgehead atoms. The Morgan fingerprint density at radius 2 is 2.07 bits per heavy atom. The Morgan fingerprint density at radius 1 is 1.40 bits per heavy atom. The summed E-state index contributed by atoms with van der Waals surface area (Å²) in [6.07, 6.45) is 2.91. The number of fused-ring (bicyclic) bond motifs is 2. The summed E-state index contributed by atoms with van der Waals surface area (Å²) >= 11 is 0. The summed E-state index contributed by atoms with van der Waals surface area (Å²) in [4.78, 5) is 13.5. The van der Waals surface area contributed by atoms with E-state index in [0.29, 0.717) is 25.3 Å². The fourth-order valence-corrected chi connectivity index (χ4v) is 2.28. The smallest absolute Gasteiger partial charge is 0.234 e. The van der Waals surface area contributed by atoms with Gasteiger partial charge in [0.25, 0.3) is 0 Å². The molecule has 2 heterocycles. The van der Waals surface area contributed by atoms with Gasteiger partial charge in [0.1, 0.15) is 0 Å². The standard InChI is InChI=1S/C10H18N2O3/c13-4-3-11-10(14)7-12-5-8-1-2-9(6-12)15-8/h8-9,13H,1-7H2,(H,11,14). The molecule has 0 radical (unpaired) electrons. The number of aliphatic hydroxyl groups excluding tert-OH is 1. The van der Waals surface area contributed by atoms with Crippen LogP contribution in [0.2, 0.25) is 0 Å². The van der Waals surface area contributed by atoms with Gasteiger partial charge in [-0.25, -0.2) is 0 Å². The maximum absolute atomic E-state index is 11.4. The zero-order valence-corrected chi connectivity index (χ0v) is 8.82. The van der Waals surface area contributed by atoms with E-state index in [0.717, 1.165) is 25.9 Å². The Hall–Kier alpha value is -0.650. The van der Waals surface area contributed by atoms with E-state index in [4.69, 9.17) is 9.84 Å². The van der Waals surface area contributed by atoms with Crippen molar-refractivity contribution in [3.8, 4) is 0 Å². The molecule has 2 unspecified atom stereocenters. The van der Waals surface area contributed by atoms with E-state index in [9.17, 15) is 4.79 Å². The van der Waals surface area contributed by atoms with Crippen molar-refractivity contribution >= 4 is 5.91 Å². The molecule has 0 aromatic carbocycles. The first-order valence-electron chi connectivity index (χ1n) is 5.53. The maximum Gasteiger partial charge on any atom is 0.234 e. The molecule has 2 aliphatic heterocycles. The van der Waals surface area contributed by atoms with Gasteiger partial charge in [0.15, 0.2) is 0 Å². The van der Waals surface area contributed by atoms with Crippen LogP contribution in [-0.4, -0.2) is 60.9 Å². The predicted molar refractivity (Wildman–Crippen MR) is 54.4 cm³/mol. The van der Waals surface area contributed by atoms with Gasteiger partial charge >= 0.3 is 0 Å². The molecular weight excluding hydrogens is 196 g/mol. The fourth-order valence-electron chi connectivity index (χ4n) is 2.28. The molecule has 2 N–H and O–H groups in total. The van der Waals surface area contributed by atoms with E-state index < -0.39 is 0 Å². The minimum atomic E-state index is -0.00894. The maximum atomic E-state index is 11.4. The average Bonchev–Trinajstić information content (AvgIpc) is 2.55. The highest BCUT2D eigenvalue weighted by atomic mass is 16.5. The Balaban J connectivity index is 1.73. The Kier molecular flexibility index (Phi) is 3.56. The van der Waals surface area contributed by atoms with Crippen LogP contribution in [0.5, 0.6) is 0 Å². The van der Waals surface area contributed by atoms with Crippen LogP contribution in [0.3, 0.4) is 0 Å². The lowest BCUT2D eigenvalue weighted by Gasteiger charge is -2.31. The second-order valence-corrected chi connectivity index (χ2v) is 4.23. The van der Waals surface area contributed by atoms with Crippen molar-refractivity contribution in [1.82, 2.24) is 10.2 Å². The van der Waals surface area contributed by atoms with Crippen LogP contribution >= 0.6 is 0 Å². The highest BCUT2D eigenvalue weighted by molar-refractivity contribution is 5.78. The minimum Gasteiger partial charge on any atom is -0.395 e. The van der Waals surface area contributed by atoms with Crippen LogP contribution in [-0.2, 0) is 9.53 Å². The molecule has 0 saturated carbocycles. The van der Waals surface area contributed by atoms with Crippen LogP contribution < -0.4 is 5.32 Å². The molecule has 5 heteroatoms. The molecular formula is C10H18N2O3. The quantitative estimate of drug-likeness (QED) is 0.627. The number of amides is 1.